The number of carbonyl (C=O) groups is 3. The third-order valence-electron chi connectivity index (χ3n) is 6.53. The van der Waals surface area contributed by atoms with Crippen LogP contribution in [0.1, 0.15) is 49.9 Å². The number of hydrogen-bond acceptors (Lipinski definition) is 5. The average Bonchev–Trinajstić information content (AvgIpc) is 2.66. The van der Waals surface area contributed by atoms with Crippen molar-refractivity contribution in [2.75, 3.05) is 13.2 Å². The fourth-order valence-corrected chi connectivity index (χ4v) is 5.15. The Morgan fingerprint density at radius 2 is 2.14 bits per heavy atom. The van der Waals surface area contributed by atoms with Gasteiger partial charge in [-0.05, 0) is 43.7 Å². The van der Waals surface area contributed by atoms with Gasteiger partial charge in [0.05, 0.1) is 12.2 Å². The average molecular weight is 386 g/mol. The van der Waals surface area contributed by atoms with Crippen molar-refractivity contribution in [3.05, 3.63) is 29.8 Å². The number of benzene rings is 1. The molecule has 2 amide bonds. The molecule has 3 saturated carbocycles. The highest BCUT2D eigenvalue weighted by Crippen LogP contribution is 2.58. The summed E-state index contributed by atoms with van der Waals surface area (Å²) in [5.74, 6) is -0.253. The molecule has 5 rings (SSSR count). The van der Waals surface area contributed by atoms with Crippen LogP contribution in [0, 0.1) is 17.3 Å². The van der Waals surface area contributed by atoms with Crippen LogP contribution in [0.4, 0.5) is 0 Å². The highest BCUT2D eigenvalue weighted by atomic mass is 16.5. The lowest BCUT2D eigenvalue weighted by Crippen LogP contribution is -2.69. The predicted molar refractivity (Wildman–Crippen MR) is 100 cm³/mol. The van der Waals surface area contributed by atoms with Crippen LogP contribution in [-0.4, -0.2) is 36.7 Å². The molecule has 1 aromatic rings. The lowest BCUT2D eigenvalue weighted by molar-refractivity contribution is -0.168. The minimum atomic E-state index is -0.768. The Kier molecular flexibility index (Phi) is 4.56. The van der Waals surface area contributed by atoms with E-state index in [-0.39, 0.29) is 35.6 Å². The maximum absolute atomic E-state index is 12.8. The molecule has 28 heavy (non-hydrogen) atoms. The first-order chi connectivity index (χ1) is 13.4. The van der Waals surface area contributed by atoms with E-state index < -0.39 is 11.7 Å². The molecule has 2 N–H and O–H groups in total. The highest BCUT2D eigenvalue weighted by molar-refractivity contribution is 5.98. The summed E-state index contributed by atoms with van der Waals surface area (Å²) in [5.41, 5.74) is -0.535. The van der Waals surface area contributed by atoms with Crippen molar-refractivity contribution in [1.82, 2.24) is 10.6 Å². The quantitative estimate of drug-likeness (QED) is 0.772. The van der Waals surface area contributed by atoms with Crippen LogP contribution in [0.2, 0.25) is 0 Å². The van der Waals surface area contributed by atoms with Crippen molar-refractivity contribution < 1.29 is 23.9 Å². The van der Waals surface area contributed by atoms with Gasteiger partial charge in [-0.3, -0.25) is 14.4 Å². The third-order valence-corrected chi connectivity index (χ3v) is 6.53. The summed E-state index contributed by atoms with van der Waals surface area (Å²) in [6.07, 6.45) is 2.97. The van der Waals surface area contributed by atoms with Gasteiger partial charge in [-0.15, -0.1) is 0 Å². The number of fused-ring (bicyclic) bond motifs is 3. The Morgan fingerprint density at radius 1 is 1.36 bits per heavy atom. The zero-order valence-electron chi connectivity index (χ0n) is 16.2. The molecule has 7 heteroatoms. The van der Waals surface area contributed by atoms with Gasteiger partial charge in [0.25, 0.3) is 5.91 Å². The molecule has 1 spiro atoms. The van der Waals surface area contributed by atoms with E-state index >= 15 is 0 Å². The summed E-state index contributed by atoms with van der Waals surface area (Å²) in [4.78, 5) is 37.0. The number of carbonyl (C=O) groups excluding carboxylic acids is 3. The number of para-hydroxylation sites is 1. The first-order valence-corrected chi connectivity index (χ1v) is 9.91. The molecular weight excluding hydrogens is 360 g/mol. The number of esters is 1. The zero-order valence-corrected chi connectivity index (χ0v) is 16.2. The molecule has 0 unspecified atom stereocenters. The standard InChI is InChI=1S/C21H26N2O5/c1-3-27-17(24)11-22-19(26)15-10-13-8-9-20(15,2)12-21(13)23-18(25)14-6-4-5-7-16(14)28-21/h4-7,13,15H,3,8-12H2,1-2H3,(H,22,26)(H,23,25)/t13-,15-,20-,21+/m1/s1. The number of amides is 2. The maximum atomic E-state index is 12.8. The lowest BCUT2D eigenvalue weighted by Gasteiger charge is -2.59. The molecule has 3 aliphatic carbocycles. The highest BCUT2D eigenvalue weighted by Gasteiger charge is 2.61. The van der Waals surface area contributed by atoms with Crippen LogP contribution in [0.15, 0.2) is 24.3 Å². The molecule has 0 radical (unpaired) electrons. The Labute approximate surface area is 164 Å². The number of hydrogen-bond donors (Lipinski definition) is 2. The minimum Gasteiger partial charge on any atom is -0.467 e. The Hall–Kier alpha value is -2.57. The summed E-state index contributed by atoms with van der Waals surface area (Å²) in [5, 5.41) is 5.83. The predicted octanol–water partition coefficient (Wildman–Crippen LogP) is 2.01. The van der Waals surface area contributed by atoms with Gasteiger partial charge in [-0.1, -0.05) is 19.1 Å². The third kappa shape index (κ3) is 3.02. The van der Waals surface area contributed by atoms with Crippen LogP contribution >= 0.6 is 0 Å². The van der Waals surface area contributed by atoms with Gasteiger partial charge in [-0.25, -0.2) is 0 Å². The second-order valence-corrected chi connectivity index (χ2v) is 8.32. The van der Waals surface area contributed by atoms with Gasteiger partial charge in [0.2, 0.25) is 5.91 Å². The lowest BCUT2D eigenvalue weighted by atomic mass is 9.52. The Bertz CT molecular complexity index is 825. The van der Waals surface area contributed by atoms with Gasteiger partial charge in [-0.2, -0.15) is 0 Å². The van der Waals surface area contributed by atoms with Crippen LogP contribution < -0.4 is 15.4 Å². The fraction of sp³-hybridized carbons (Fsp3) is 0.571. The van der Waals surface area contributed by atoms with Crippen LogP contribution in [0.3, 0.4) is 0 Å². The van der Waals surface area contributed by atoms with E-state index in [0.717, 1.165) is 12.8 Å². The molecule has 2 bridgehead atoms. The van der Waals surface area contributed by atoms with Gasteiger partial charge in [0.15, 0.2) is 5.72 Å². The second kappa shape index (κ2) is 6.79. The van der Waals surface area contributed by atoms with E-state index in [2.05, 4.69) is 17.6 Å². The molecule has 1 aliphatic heterocycles. The number of rotatable bonds is 4. The zero-order chi connectivity index (χ0) is 19.9. The fourth-order valence-electron chi connectivity index (χ4n) is 5.15. The number of nitrogens with one attached hydrogen (secondary N) is 2. The summed E-state index contributed by atoms with van der Waals surface area (Å²) >= 11 is 0. The summed E-state index contributed by atoms with van der Waals surface area (Å²) in [7, 11) is 0. The van der Waals surface area contributed by atoms with E-state index in [4.69, 9.17) is 9.47 Å². The van der Waals surface area contributed by atoms with Crippen LogP contribution in [-0.2, 0) is 14.3 Å². The van der Waals surface area contributed by atoms with E-state index in [0.29, 0.717) is 30.8 Å². The van der Waals surface area contributed by atoms with Crippen LogP contribution in [0.25, 0.3) is 0 Å². The molecular formula is C21H26N2O5. The molecule has 1 aromatic carbocycles. The number of ether oxygens (including phenoxy) is 2. The maximum Gasteiger partial charge on any atom is 0.325 e. The van der Waals surface area contributed by atoms with Gasteiger partial charge in [0, 0.05) is 18.3 Å². The SMILES string of the molecule is CCOC(=O)CNC(=O)[C@H]1C[C@H]2CC[C@]1(C)C[C@@]21NC(=O)c2ccccc2O1. The van der Waals surface area contributed by atoms with Gasteiger partial charge >= 0.3 is 5.97 Å². The molecule has 3 fully saturated rings. The van der Waals surface area contributed by atoms with Gasteiger partial charge in [0.1, 0.15) is 12.3 Å². The second-order valence-electron chi connectivity index (χ2n) is 8.32. The molecule has 0 aromatic heterocycles. The summed E-state index contributed by atoms with van der Waals surface area (Å²) in [6, 6.07) is 7.26. The summed E-state index contributed by atoms with van der Waals surface area (Å²) < 4.78 is 11.2. The molecule has 7 nitrogen and oxygen atoms in total. The topological polar surface area (TPSA) is 93.7 Å². The summed E-state index contributed by atoms with van der Waals surface area (Å²) in [6.45, 7) is 3.99. The van der Waals surface area contributed by atoms with Gasteiger partial charge < -0.3 is 20.1 Å². The van der Waals surface area contributed by atoms with Crippen molar-refractivity contribution in [3.63, 3.8) is 0 Å². The smallest absolute Gasteiger partial charge is 0.325 e. The molecule has 0 saturated heterocycles. The van der Waals surface area contributed by atoms with Crippen molar-refractivity contribution >= 4 is 17.8 Å². The first-order valence-electron chi connectivity index (χ1n) is 9.91. The molecule has 4 aliphatic rings. The van der Waals surface area contributed by atoms with E-state index in [1.54, 1.807) is 13.0 Å². The molecule has 150 valence electrons. The Morgan fingerprint density at radius 3 is 2.89 bits per heavy atom. The molecule has 4 atom stereocenters. The van der Waals surface area contributed by atoms with Crippen LogP contribution in [0.5, 0.6) is 5.75 Å². The van der Waals surface area contributed by atoms with Crippen molar-refractivity contribution in [1.29, 1.82) is 0 Å². The van der Waals surface area contributed by atoms with Crippen molar-refractivity contribution in [2.24, 2.45) is 17.3 Å². The molecule has 1 heterocycles. The monoisotopic (exact) mass is 386 g/mol. The van der Waals surface area contributed by atoms with E-state index in [9.17, 15) is 14.4 Å². The van der Waals surface area contributed by atoms with Crippen molar-refractivity contribution in [3.8, 4) is 5.75 Å². The van der Waals surface area contributed by atoms with E-state index in [1.165, 1.54) is 0 Å². The largest absolute Gasteiger partial charge is 0.467 e. The van der Waals surface area contributed by atoms with Crippen molar-refractivity contribution in [2.45, 2.75) is 45.3 Å². The Balaban J connectivity index is 1.52. The normalized spacial score (nSPS) is 32.9. The van der Waals surface area contributed by atoms with E-state index in [1.807, 2.05) is 18.2 Å². The minimum absolute atomic E-state index is 0.0463. The first kappa shape index (κ1) is 18.8.